The van der Waals surface area contributed by atoms with Crippen molar-refractivity contribution in [1.82, 2.24) is 19.9 Å². The van der Waals surface area contributed by atoms with Gasteiger partial charge in [0, 0.05) is 25.2 Å². The molecular formula is C29H30N4O2. The van der Waals surface area contributed by atoms with E-state index in [4.69, 9.17) is 4.52 Å². The number of carbonyl (C=O) groups is 1. The minimum atomic E-state index is -0.0484. The molecule has 6 nitrogen and oxygen atoms in total. The van der Waals surface area contributed by atoms with Gasteiger partial charge in [0.2, 0.25) is 17.6 Å². The SMILES string of the molecule is O=C(C1CCCN(Cc2nc(-c3ccccc3)no2)C1)N(Cc1ccccc1)Cc1ccccc1. The van der Waals surface area contributed by atoms with Crippen molar-refractivity contribution in [1.29, 1.82) is 0 Å². The average molecular weight is 467 g/mol. The van der Waals surface area contributed by atoms with Gasteiger partial charge in [0.15, 0.2) is 0 Å². The van der Waals surface area contributed by atoms with Gasteiger partial charge in [0.25, 0.3) is 0 Å². The van der Waals surface area contributed by atoms with Crippen molar-refractivity contribution in [2.45, 2.75) is 32.5 Å². The van der Waals surface area contributed by atoms with Crippen LogP contribution in [-0.2, 0) is 24.4 Å². The molecule has 5 rings (SSSR count). The Labute approximate surface area is 206 Å². The zero-order valence-electron chi connectivity index (χ0n) is 19.8. The highest BCUT2D eigenvalue weighted by molar-refractivity contribution is 5.79. The maximum absolute atomic E-state index is 13.7. The number of carbonyl (C=O) groups excluding carboxylic acids is 1. The Balaban J connectivity index is 1.26. The van der Waals surface area contributed by atoms with E-state index in [0.717, 1.165) is 36.1 Å². The molecule has 0 spiro atoms. The third-order valence-electron chi connectivity index (χ3n) is 6.46. The second-order valence-electron chi connectivity index (χ2n) is 9.12. The topological polar surface area (TPSA) is 62.5 Å². The van der Waals surface area contributed by atoms with Crippen LogP contribution < -0.4 is 0 Å². The first-order valence-electron chi connectivity index (χ1n) is 12.2. The van der Waals surface area contributed by atoms with Crippen LogP contribution in [0.3, 0.4) is 0 Å². The molecule has 1 fully saturated rings. The summed E-state index contributed by atoms with van der Waals surface area (Å²) in [6.07, 6.45) is 1.87. The van der Waals surface area contributed by atoms with Gasteiger partial charge in [-0.2, -0.15) is 4.98 Å². The van der Waals surface area contributed by atoms with Gasteiger partial charge in [-0.1, -0.05) is 96.2 Å². The van der Waals surface area contributed by atoms with Crippen LogP contribution in [-0.4, -0.2) is 38.9 Å². The molecule has 0 N–H and O–H groups in total. The van der Waals surface area contributed by atoms with Gasteiger partial charge >= 0.3 is 0 Å². The summed E-state index contributed by atoms with van der Waals surface area (Å²) in [7, 11) is 0. The number of amides is 1. The number of rotatable bonds is 8. The minimum absolute atomic E-state index is 0.0484. The fraction of sp³-hybridized carbons (Fsp3) is 0.276. The molecule has 1 aliphatic rings. The molecule has 0 aliphatic carbocycles. The van der Waals surface area contributed by atoms with E-state index < -0.39 is 0 Å². The lowest BCUT2D eigenvalue weighted by molar-refractivity contribution is -0.138. The van der Waals surface area contributed by atoms with E-state index in [1.54, 1.807) is 0 Å². The maximum Gasteiger partial charge on any atom is 0.241 e. The smallest absolute Gasteiger partial charge is 0.241 e. The molecule has 4 aromatic rings. The van der Waals surface area contributed by atoms with Gasteiger partial charge in [-0.15, -0.1) is 0 Å². The maximum atomic E-state index is 13.7. The zero-order chi connectivity index (χ0) is 23.9. The van der Waals surface area contributed by atoms with E-state index in [2.05, 4.69) is 39.3 Å². The van der Waals surface area contributed by atoms with Crippen LogP contribution in [0.4, 0.5) is 0 Å². The highest BCUT2D eigenvalue weighted by atomic mass is 16.5. The summed E-state index contributed by atoms with van der Waals surface area (Å²) < 4.78 is 5.52. The van der Waals surface area contributed by atoms with Crippen LogP contribution in [0.1, 0.15) is 29.9 Å². The van der Waals surface area contributed by atoms with Crippen LogP contribution >= 0.6 is 0 Å². The summed E-state index contributed by atoms with van der Waals surface area (Å²) in [5, 5.41) is 4.14. The number of aromatic nitrogens is 2. The van der Waals surface area contributed by atoms with Crippen molar-refractivity contribution < 1.29 is 9.32 Å². The molecule has 3 aromatic carbocycles. The van der Waals surface area contributed by atoms with Crippen molar-refractivity contribution in [2.75, 3.05) is 13.1 Å². The molecule has 2 heterocycles. The zero-order valence-corrected chi connectivity index (χ0v) is 19.8. The molecule has 1 aromatic heterocycles. The summed E-state index contributed by atoms with van der Waals surface area (Å²) in [4.78, 5) is 22.6. The van der Waals surface area contributed by atoms with E-state index >= 15 is 0 Å². The molecular weight excluding hydrogens is 436 g/mol. The first kappa shape index (κ1) is 23.0. The van der Waals surface area contributed by atoms with Gasteiger partial charge in [-0.25, -0.2) is 0 Å². The lowest BCUT2D eigenvalue weighted by atomic mass is 9.96. The number of piperidine rings is 1. The molecule has 178 valence electrons. The molecule has 1 atom stereocenters. The Bertz CT molecular complexity index is 1170. The number of benzene rings is 3. The molecule has 0 saturated carbocycles. The van der Waals surface area contributed by atoms with Crippen molar-refractivity contribution in [3.8, 4) is 11.4 Å². The van der Waals surface area contributed by atoms with Crippen LogP contribution in [0.5, 0.6) is 0 Å². The van der Waals surface area contributed by atoms with Gasteiger partial charge < -0.3 is 9.42 Å². The quantitative estimate of drug-likeness (QED) is 0.358. The highest BCUT2D eigenvalue weighted by Gasteiger charge is 2.30. The number of likely N-dealkylation sites (tertiary alicyclic amines) is 1. The number of hydrogen-bond donors (Lipinski definition) is 0. The van der Waals surface area contributed by atoms with Crippen LogP contribution in [0.25, 0.3) is 11.4 Å². The molecule has 1 amide bonds. The monoisotopic (exact) mass is 466 g/mol. The van der Waals surface area contributed by atoms with E-state index in [0.29, 0.717) is 37.9 Å². The fourth-order valence-corrected chi connectivity index (χ4v) is 4.69. The molecule has 6 heteroatoms. The van der Waals surface area contributed by atoms with E-state index in [-0.39, 0.29) is 11.8 Å². The number of hydrogen-bond acceptors (Lipinski definition) is 5. The Morgan fingerprint density at radius 3 is 2.11 bits per heavy atom. The largest absolute Gasteiger partial charge is 0.338 e. The van der Waals surface area contributed by atoms with E-state index in [9.17, 15) is 4.79 Å². The first-order valence-corrected chi connectivity index (χ1v) is 12.2. The predicted octanol–water partition coefficient (Wildman–Crippen LogP) is 5.18. The normalized spacial score (nSPS) is 16.2. The molecule has 1 saturated heterocycles. The van der Waals surface area contributed by atoms with Crippen LogP contribution in [0.2, 0.25) is 0 Å². The van der Waals surface area contributed by atoms with E-state index in [1.807, 2.05) is 71.6 Å². The minimum Gasteiger partial charge on any atom is -0.338 e. The predicted molar refractivity (Wildman–Crippen MR) is 135 cm³/mol. The average Bonchev–Trinajstić information content (AvgIpc) is 3.38. The van der Waals surface area contributed by atoms with Crippen molar-refractivity contribution in [3.63, 3.8) is 0 Å². The van der Waals surface area contributed by atoms with Gasteiger partial charge in [-0.05, 0) is 30.5 Å². The molecule has 35 heavy (non-hydrogen) atoms. The summed E-state index contributed by atoms with van der Waals surface area (Å²) in [6, 6.07) is 30.3. The lowest BCUT2D eigenvalue weighted by Crippen LogP contribution is -2.44. The Morgan fingerprint density at radius 2 is 1.49 bits per heavy atom. The third-order valence-corrected chi connectivity index (χ3v) is 6.46. The van der Waals surface area contributed by atoms with Crippen LogP contribution in [0.15, 0.2) is 95.5 Å². The summed E-state index contributed by atoms with van der Waals surface area (Å²) in [5.41, 5.74) is 3.22. The molecule has 0 bridgehead atoms. The molecule has 0 radical (unpaired) electrons. The molecule has 1 unspecified atom stereocenters. The lowest BCUT2D eigenvalue weighted by Gasteiger charge is -2.34. The van der Waals surface area contributed by atoms with Gasteiger partial charge in [0.1, 0.15) is 0 Å². The van der Waals surface area contributed by atoms with Crippen molar-refractivity contribution >= 4 is 5.91 Å². The number of nitrogens with zero attached hydrogens (tertiary/aromatic N) is 4. The van der Waals surface area contributed by atoms with Gasteiger partial charge in [0.05, 0.1) is 12.5 Å². The summed E-state index contributed by atoms with van der Waals surface area (Å²) in [5.74, 6) is 1.34. The standard InChI is InChI=1S/C29H30N4O2/c34-29(33(19-23-11-4-1-5-12-23)20-24-13-6-2-7-14-24)26-17-10-18-32(21-26)22-27-30-28(31-35-27)25-15-8-3-9-16-25/h1-9,11-16,26H,10,17-22H2. The Kier molecular flexibility index (Phi) is 7.29. The highest BCUT2D eigenvalue weighted by Crippen LogP contribution is 2.23. The second-order valence-corrected chi connectivity index (χ2v) is 9.12. The first-order chi connectivity index (χ1) is 17.2. The second kappa shape index (κ2) is 11.1. The van der Waals surface area contributed by atoms with Gasteiger partial charge in [-0.3, -0.25) is 9.69 Å². The van der Waals surface area contributed by atoms with Crippen molar-refractivity contribution in [2.24, 2.45) is 5.92 Å². The molecule has 1 aliphatic heterocycles. The third kappa shape index (κ3) is 6.03. The fourth-order valence-electron chi connectivity index (χ4n) is 4.69. The summed E-state index contributed by atoms with van der Waals surface area (Å²) in [6.45, 7) is 3.39. The summed E-state index contributed by atoms with van der Waals surface area (Å²) >= 11 is 0. The van der Waals surface area contributed by atoms with Crippen molar-refractivity contribution in [3.05, 3.63) is 108 Å². The van der Waals surface area contributed by atoms with E-state index in [1.165, 1.54) is 0 Å². The Morgan fingerprint density at radius 1 is 0.886 bits per heavy atom. The Hall–Kier alpha value is -3.77. The van der Waals surface area contributed by atoms with Crippen LogP contribution in [0, 0.1) is 5.92 Å².